The summed E-state index contributed by atoms with van der Waals surface area (Å²) in [5.74, 6) is 0.617. The summed E-state index contributed by atoms with van der Waals surface area (Å²) in [6, 6.07) is 14.6. The third-order valence-electron chi connectivity index (χ3n) is 6.51. The molecule has 0 aromatic heterocycles. The molecule has 1 fully saturated rings. The van der Waals surface area contributed by atoms with Gasteiger partial charge in [-0.15, -0.1) is 0 Å². The molecule has 1 unspecified atom stereocenters. The number of unbranched alkanes of at least 4 members (excludes halogenated alkanes) is 1. The van der Waals surface area contributed by atoms with Crippen LogP contribution in [0, 0.1) is 5.82 Å². The highest BCUT2D eigenvalue weighted by Gasteiger charge is 2.33. The smallest absolute Gasteiger partial charge is 0.268 e. The zero-order chi connectivity index (χ0) is 23.8. The van der Waals surface area contributed by atoms with Crippen LogP contribution >= 0.6 is 0 Å². The van der Waals surface area contributed by atoms with Gasteiger partial charge in [-0.25, -0.2) is 4.39 Å². The second kappa shape index (κ2) is 12.2. The predicted octanol–water partition coefficient (Wildman–Crippen LogP) is 4.34. The van der Waals surface area contributed by atoms with E-state index >= 15 is 0 Å². The molecular formula is C27H36FN3O3. The molecule has 34 heavy (non-hydrogen) atoms. The lowest BCUT2D eigenvalue weighted by Gasteiger charge is -2.36. The average Bonchev–Trinajstić information content (AvgIpc) is 2.87. The maximum atomic E-state index is 13.2. The van der Waals surface area contributed by atoms with Crippen LogP contribution in [0.15, 0.2) is 48.5 Å². The van der Waals surface area contributed by atoms with Gasteiger partial charge in [-0.3, -0.25) is 9.69 Å². The molecular weight excluding hydrogens is 433 g/mol. The zero-order valence-corrected chi connectivity index (χ0v) is 20.1. The Kier molecular flexibility index (Phi) is 8.77. The number of amides is 1. The molecule has 6 nitrogen and oxygen atoms in total. The van der Waals surface area contributed by atoms with Crippen molar-refractivity contribution in [3.8, 4) is 5.75 Å². The van der Waals surface area contributed by atoms with Crippen molar-refractivity contribution >= 4 is 17.3 Å². The normalized spacial score (nSPS) is 18.6. The Morgan fingerprint density at radius 1 is 0.971 bits per heavy atom. The maximum absolute atomic E-state index is 13.2. The number of ether oxygens (including phenoxy) is 2. The Balaban J connectivity index is 1.23. The molecule has 1 saturated heterocycles. The lowest BCUT2D eigenvalue weighted by molar-refractivity contribution is -0.127. The van der Waals surface area contributed by atoms with E-state index in [2.05, 4.69) is 16.7 Å². The molecule has 184 valence electrons. The molecule has 2 aromatic rings. The summed E-state index contributed by atoms with van der Waals surface area (Å²) in [5, 5.41) is 0. The van der Waals surface area contributed by atoms with Crippen LogP contribution in [0.25, 0.3) is 0 Å². The highest BCUT2D eigenvalue weighted by molar-refractivity contribution is 6.00. The molecule has 0 spiro atoms. The van der Waals surface area contributed by atoms with E-state index in [1.807, 2.05) is 41.3 Å². The molecule has 0 N–H and O–H groups in total. The number of carbonyl (C=O) groups is 1. The second-order valence-corrected chi connectivity index (χ2v) is 8.98. The highest BCUT2D eigenvalue weighted by atomic mass is 19.1. The van der Waals surface area contributed by atoms with Gasteiger partial charge in [0.05, 0.1) is 12.3 Å². The largest absolute Gasteiger partial charge is 0.478 e. The van der Waals surface area contributed by atoms with Crippen LogP contribution < -0.4 is 14.5 Å². The molecule has 0 radical (unpaired) electrons. The minimum Gasteiger partial charge on any atom is -0.478 e. The van der Waals surface area contributed by atoms with E-state index in [9.17, 15) is 9.18 Å². The molecule has 0 saturated carbocycles. The van der Waals surface area contributed by atoms with E-state index in [4.69, 9.17) is 9.47 Å². The summed E-state index contributed by atoms with van der Waals surface area (Å²) in [7, 11) is 0. The first-order chi connectivity index (χ1) is 16.7. The summed E-state index contributed by atoms with van der Waals surface area (Å²) < 4.78 is 24.8. The van der Waals surface area contributed by atoms with Crippen molar-refractivity contribution < 1.29 is 18.7 Å². The lowest BCUT2D eigenvalue weighted by Crippen LogP contribution is -2.47. The lowest BCUT2D eigenvalue weighted by atomic mass is 10.1. The average molecular weight is 470 g/mol. The quantitative estimate of drug-likeness (QED) is 0.458. The number of carbonyl (C=O) groups excluding carboxylic acids is 1. The van der Waals surface area contributed by atoms with Gasteiger partial charge in [0.2, 0.25) is 0 Å². The fourth-order valence-electron chi connectivity index (χ4n) is 4.61. The van der Waals surface area contributed by atoms with E-state index < -0.39 is 6.10 Å². The molecule has 1 amide bonds. The molecule has 4 rings (SSSR count). The van der Waals surface area contributed by atoms with Crippen LogP contribution in [0.1, 0.15) is 32.6 Å². The van der Waals surface area contributed by atoms with Gasteiger partial charge in [0.15, 0.2) is 6.10 Å². The van der Waals surface area contributed by atoms with Gasteiger partial charge < -0.3 is 19.3 Å². The highest BCUT2D eigenvalue weighted by Crippen LogP contribution is 2.34. The van der Waals surface area contributed by atoms with E-state index in [0.29, 0.717) is 26.2 Å². The second-order valence-electron chi connectivity index (χ2n) is 8.98. The summed E-state index contributed by atoms with van der Waals surface area (Å²) >= 11 is 0. The van der Waals surface area contributed by atoms with E-state index in [1.165, 1.54) is 12.1 Å². The molecule has 0 bridgehead atoms. The Morgan fingerprint density at radius 2 is 1.71 bits per heavy atom. The molecule has 0 aliphatic carbocycles. The zero-order valence-electron chi connectivity index (χ0n) is 20.1. The van der Waals surface area contributed by atoms with Crippen molar-refractivity contribution in [2.24, 2.45) is 0 Å². The van der Waals surface area contributed by atoms with Crippen LogP contribution in [0.5, 0.6) is 5.75 Å². The Labute approximate surface area is 202 Å². The van der Waals surface area contributed by atoms with Gasteiger partial charge in [-0.1, -0.05) is 19.1 Å². The van der Waals surface area contributed by atoms with Crippen molar-refractivity contribution in [2.75, 3.05) is 62.3 Å². The maximum Gasteiger partial charge on any atom is 0.268 e. The summed E-state index contributed by atoms with van der Waals surface area (Å²) in [4.78, 5) is 19.8. The molecule has 2 aliphatic heterocycles. The van der Waals surface area contributed by atoms with Gasteiger partial charge in [-0.05, 0) is 62.2 Å². The number of anilines is 2. The van der Waals surface area contributed by atoms with Crippen molar-refractivity contribution in [3.63, 3.8) is 0 Å². The minimum atomic E-state index is -0.480. The first-order valence-corrected chi connectivity index (χ1v) is 12.5. The van der Waals surface area contributed by atoms with Gasteiger partial charge in [0, 0.05) is 51.4 Å². The summed E-state index contributed by atoms with van der Waals surface area (Å²) in [6.07, 6.45) is 3.04. The number of rotatable bonds is 11. The van der Waals surface area contributed by atoms with E-state index in [-0.39, 0.29) is 11.7 Å². The van der Waals surface area contributed by atoms with Gasteiger partial charge >= 0.3 is 0 Å². The van der Waals surface area contributed by atoms with Crippen molar-refractivity contribution in [1.82, 2.24) is 4.90 Å². The van der Waals surface area contributed by atoms with Crippen LogP contribution in [0.4, 0.5) is 15.8 Å². The van der Waals surface area contributed by atoms with Crippen molar-refractivity contribution in [2.45, 2.75) is 38.7 Å². The van der Waals surface area contributed by atoms with E-state index in [0.717, 1.165) is 69.1 Å². The minimum absolute atomic E-state index is 0.0340. The van der Waals surface area contributed by atoms with Crippen molar-refractivity contribution in [3.05, 3.63) is 54.3 Å². The molecule has 1 atom stereocenters. The van der Waals surface area contributed by atoms with Crippen molar-refractivity contribution in [1.29, 1.82) is 0 Å². The van der Waals surface area contributed by atoms with Crippen LogP contribution in [0.2, 0.25) is 0 Å². The number of hydrogen-bond donors (Lipinski definition) is 0. The third kappa shape index (κ3) is 6.27. The van der Waals surface area contributed by atoms with Crippen LogP contribution in [0.3, 0.4) is 0 Å². The predicted molar refractivity (Wildman–Crippen MR) is 133 cm³/mol. The Bertz CT molecular complexity index is 916. The third-order valence-corrected chi connectivity index (χ3v) is 6.51. The Morgan fingerprint density at radius 3 is 2.47 bits per heavy atom. The molecule has 2 aromatic carbocycles. The number of hydrogen-bond acceptors (Lipinski definition) is 5. The number of para-hydroxylation sites is 2. The van der Waals surface area contributed by atoms with Crippen LogP contribution in [-0.4, -0.2) is 69.4 Å². The fourth-order valence-corrected chi connectivity index (χ4v) is 4.61. The topological polar surface area (TPSA) is 45.3 Å². The SMILES string of the molecule is CCCOCCC1Oc2ccccc2N(CCCCN2CCN(c3ccc(F)cc3)CC2)C1=O. The van der Waals surface area contributed by atoms with Crippen LogP contribution in [-0.2, 0) is 9.53 Å². The molecule has 7 heteroatoms. The summed E-state index contributed by atoms with van der Waals surface area (Å²) in [5.41, 5.74) is 1.95. The number of benzene rings is 2. The first kappa shape index (κ1) is 24.5. The molecule has 2 heterocycles. The van der Waals surface area contributed by atoms with Gasteiger partial charge in [0.25, 0.3) is 5.91 Å². The Hall–Kier alpha value is -2.64. The monoisotopic (exact) mass is 469 g/mol. The fraction of sp³-hybridized carbons (Fsp3) is 0.519. The standard InChI is InChI=1S/C27H36FN3O3/c1-2-20-33-21-13-26-27(32)31(24-7-3-4-8-25(24)34-26)15-6-5-14-29-16-18-30(19-17-29)23-11-9-22(28)10-12-23/h3-4,7-12,26H,2,5-6,13-21H2,1H3. The molecule has 2 aliphatic rings. The first-order valence-electron chi connectivity index (χ1n) is 12.5. The number of fused-ring (bicyclic) bond motifs is 1. The van der Waals surface area contributed by atoms with E-state index in [1.54, 1.807) is 0 Å². The number of piperazine rings is 1. The summed E-state index contributed by atoms with van der Waals surface area (Å²) in [6.45, 7) is 8.92. The number of nitrogens with zero attached hydrogens (tertiary/aromatic N) is 3. The number of halogens is 1. The van der Waals surface area contributed by atoms with Gasteiger partial charge in [0.1, 0.15) is 11.6 Å². The van der Waals surface area contributed by atoms with Gasteiger partial charge in [-0.2, -0.15) is 0 Å².